The number of hydrogen-bond donors (Lipinski definition) is 0. The third-order valence-corrected chi connectivity index (χ3v) is 9.57. The Kier molecular flexibility index (Phi) is 6.38. The fourth-order valence-electron chi connectivity index (χ4n) is 7.75. The van der Waals surface area contributed by atoms with Crippen LogP contribution in [0.5, 0.6) is 0 Å². The SMILES string of the molecule is c1ccc(B2c3ccccc3N(c3ccccc3)c3ccc4c(c32)B(c2ccccc2)c2ccccc2N4c2ccccc2)cc1. The fraction of sp³-hybridized carbons (Fsp3) is 0. The van der Waals surface area contributed by atoms with Crippen molar-refractivity contribution in [1.29, 1.82) is 0 Å². The first kappa shape index (κ1) is 26.7. The topological polar surface area (TPSA) is 6.48 Å². The molecule has 0 atom stereocenters. The Bertz CT molecular complexity index is 2010. The van der Waals surface area contributed by atoms with Crippen molar-refractivity contribution in [3.05, 3.63) is 182 Å². The zero-order valence-corrected chi connectivity index (χ0v) is 25.4. The molecule has 0 spiro atoms. The van der Waals surface area contributed by atoms with E-state index in [4.69, 9.17) is 0 Å². The highest BCUT2D eigenvalue weighted by atomic mass is 15.2. The largest absolute Gasteiger partial charge is 0.312 e. The minimum atomic E-state index is 0.0522. The van der Waals surface area contributed by atoms with Crippen LogP contribution in [0.2, 0.25) is 0 Å². The standard InChI is InChI=1S/C42H30B2N2/c1-5-17-31(18-6-1)43-35-25-13-15-27-37(35)45(33-21-9-3-10-22-33)39-29-30-40-42(41(39)43)44(32-19-7-2-8-20-32)36-26-14-16-28-38(36)46(40)34-23-11-4-12-24-34/h1-30H. The van der Waals surface area contributed by atoms with Crippen LogP contribution >= 0.6 is 0 Å². The van der Waals surface area contributed by atoms with Gasteiger partial charge in [-0.1, -0.05) is 144 Å². The molecule has 2 aliphatic heterocycles. The molecule has 0 saturated heterocycles. The molecule has 0 bridgehead atoms. The molecule has 9 rings (SSSR count). The normalized spacial score (nSPS) is 13.0. The van der Waals surface area contributed by atoms with E-state index in [-0.39, 0.29) is 13.4 Å². The van der Waals surface area contributed by atoms with Crippen molar-refractivity contribution in [2.75, 3.05) is 9.80 Å². The number of nitrogens with zero attached hydrogens (tertiary/aromatic N) is 2. The Morgan fingerprint density at radius 3 is 1.00 bits per heavy atom. The van der Waals surface area contributed by atoms with Crippen LogP contribution < -0.4 is 42.6 Å². The van der Waals surface area contributed by atoms with Gasteiger partial charge >= 0.3 is 0 Å². The van der Waals surface area contributed by atoms with E-state index in [0.717, 1.165) is 11.4 Å². The van der Waals surface area contributed by atoms with Gasteiger partial charge in [0.25, 0.3) is 0 Å². The van der Waals surface area contributed by atoms with E-state index in [1.165, 1.54) is 55.5 Å². The molecule has 0 unspecified atom stereocenters. The molecule has 2 nitrogen and oxygen atoms in total. The van der Waals surface area contributed by atoms with Gasteiger partial charge in [-0.3, -0.25) is 0 Å². The van der Waals surface area contributed by atoms with Crippen LogP contribution in [0.15, 0.2) is 182 Å². The molecule has 46 heavy (non-hydrogen) atoms. The van der Waals surface area contributed by atoms with E-state index in [0.29, 0.717) is 0 Å². The Hall–Kier alpha value is -5.73. The predicted octanol–water partition coefficient (Wildman–Crippen LogP) is 6.29. The molecular weight excluding hydrogens is 554 g/mol. The molecule has 0 radical (unpaired) electrons. The number of benzene rings is 7. The molecule has 4 heteroatoms. The Morgan fingerprint density at radius 1 is 0.283 bits per heavy atom. The maximum atomic E-state index is 2.47. The molecular formula is C42H30B2N2. The van der Waals surface area contributed by atoms with Crippen LogP contribution in [-0.2, 0) is 0 Å². The molecule has 0 fully saturated rings. The molecule has 0 amide bonds. The summed E-state index contributed by atoms with van der Waals surface area (Å²) in [5.41, 5.74) is 15.2. The lowest BCUT2D eigenvalue weighted by Crippen LogP contribution is -2.69. The number of para-hydroxylation sites is 4. The van der Waals surface area contributed by atoms with Gasteiger partial charge in [-0.15, -0.1) is 0 Å². The molecule has 0 N–H and O–H groups in total. The molecule has 214 valence electrons. The Balaban J connectivity index is 1.44. The van der Waals surface area contributed by atoms with Crippen molar-refractivity contribution >= 4 is 80.3 Å². The zero-order chi connectivity index (χ0) is 30.5. The lowest BCUT2D eigenvalue weighted by atomic mass is 9.26. The Labute approximate surface area is 271 Å². The molecule has 0 aromatic heterocycles. The molecule has 0 saturated carbocycles. The lowest BCUT2D eigenvalue weighted by Gasteiger charge is -2.43. The fourth-order valence-corrected chi connectivity index (χ4v) is 7.75. The van der Waals surface area contributed by atoms with Crippen LogP contribution in [0.3, 0.4) is 0 Å². The molecule has 7 aromatic carbocycles. The van der Waals surface area contributed by atoms with Gasteiger partial charge in [0, 0.05) is 34.1 Å². The molecule has 0 aliphatic carbocycles. The van der Waals surface area contributed by atoms with E-state index >= 15 is 0 Å². The van der Waals surface area contributed by atoms with Crippen molar-refractivity contribution in [3.63, 3.8) is 0 Å². The van der Waals surface area contributed by atoms with Gasteiger partial charge in [-0.25, -0.2) is 0 Å². The average Bonchev–Trinajstić information content (AvgIpc) is 3.14. The van der Waals surface area contributed by atoms with Crippen molar-refractivity contribution in [2.24, 2.45) is 0 Å². The summed E-state index contributed by atoms with van der Waals surface area (Å²) in [5.74, 6) is 0. The lowest BCUT2D eigenvalue weighted by molar-refractivity contribution is 1.27. The van der Waals surface area contributed by atoms with Crippen LogP contribution in [0.4, 0.5) is 34.1 Å². The Morgan fingerprint density at radius 2 is 0.609 bits per heavy atom. The molecule has 2 heterocycles. The average molecular weight is 584 g/mol. The van der Waals surface area contributed by atoms with E-state index < -0.39 is 0 Å². The number of fused-ring (bicyclic) bond motifs is 5. The maximum absolute atomic E-state index is 2.47. The van der Waals surface area contributed by atoms with Crippen molar-refractivity contribution in [1.82, 2.24) is 0 Å². The predicted molar refractivity (Wildman–Crippen MR) is 198 cm³/mol. The highest BCUT2D eigenvalue weighted by Gasteiger charge is 2.44. The minimum Gasteiger partial charge on any atom is -0.312 e. The third-order valence-electron chi connectivity index (χ3n) is 9.57. The smallest absolute Gasteiger partial charge is 0.246 e. The highest BCUT2D eigenvalue weighted by molar-refractivity contribution is 7.06. The maximum Gasteiger partial charge on any atom is 0.246 e. The number of anilines is 6. The van der Waals surface area contributed by atoms with Gasteiger partial charge in [-0.2, -0.15) is 0 Å². The summed E-state index contributed by atoms with van der Waals surface area (Å²) >= 11 is 0. The second kappa shape index (κ2) is 11.0. The van der Waals surface area contributed by atoms with Crippen LogP contribution in [0.25, 0.3) is 0 Å². The quantitative estimate of drug-likeness (QED) is 0.225. The highest BCUT2D eigenvalue weighted by Crippen LogP contribution is 2.40. The van der Waals surface area contributed by atoms with Crippen LogP contribution in [0, 0.1) is 0 Å². The van der Waals surface area contributed by atoms with Crippen molar-refractivity contribution in [2.45, 2.75) is 0 Å². The van der Waals surface area contributed by atoms with Gasteiger partial charge in [0.15, 0.2) is 0 Å². The van der Waals surface area contributed by atoms with Gasteiger partial charge in [-0.05, 0) is 70.4 Å². The summed E-state index contributed by atoms with van der Waals surface area (Å²) in [4.78, 5) is 4.94. The van der Waals surface area contributed by atoms with Gasteiger partial charge in [0.2, 0.25) is 13.4 Å². The van der Waals surface area contributed by atoms with Crippen molar-refractivity contribution in [3.8, 4) is 0 Å². The van der Waals surface area contributed by atoms with Gasteiger partial charge in [0.1, 0.15) is 0 Å². The second-order valence-corrected chi connectivity index (χ2v) is 12.1. The van der Waals surface area contributed by atoms with Crippen LogP contribution in [0.1, 0.15) is 0 Å². The summed E-state index contributed by atoms with van der Waals surface area (Å²) < 4.78 is 0. The summed E-state index contributed by atoms with van der Waals surface area (Å²) in [6, 6.07) is 66.4. The van der Waals surface area contributed by atoms with E-state index in [1.807, 2.05) is 0 Å². The zero-order valence-electron chi connectivity index (χ0n) is 25.4. The van der Waals surface area contributed by atoms with Crippen molar-refractivity contribution < 1.29 is 0 Å². The molecule has 2 aliphatic rings. The monoisotopic (exact) mass is 584 g/mol. The van der Waals surface area contributed by atoms with Crippen LogP contribution in [-0.4, -0.2) is 13.4 Å². The summed E-state index contributed by atoms with van der Waals surface area (Å²) in [5, 5.41) is 0. The first-order valence-electron chi connectivity index (χ1n) is 16.0. The molecule has 7 aromatic rings. The summed E-state index contributed by atoms with van der Waals surface area (Å²) in [6.45, 7) is 0.104. The first-order valence-corrected chi connectivity index (χ1v) is 16.0. The number of hydrogen-bond acceptors (Lipinski definition) is 2. The van der Waals surface area contributed by atoms with E-state index in [1.54, 1.807) is 0 Å². The summed E-state index contributed by atoms with van der Waals surface area (Å²) in [7, 11) is 0. The first-order chi connectivity index (χ1) is 22.9. The minimum absolute atomic E-state index is 0.0522. The van der Waals surface area contributed by atoms with E-state index in [2.05, 4.69) is 192 Å². The third kappa shape index (κ3) is 4.14. The van der Waals surface area contributed by atoms with E-state index in [9.17, 15) is 0 Å². The summed E-state index contributed by atoms with van der Waals surface area (Å²) in [6.07, 6.45) is 0. The second-order valence-electron chi connectivity index (χ2n) is 12.1. The number of rotatable bonds is 4. The van der Waals surface area contributed by atoms with Gasteiger partial charge < -0.3 is 9.80 Å². The van der Waals surface area contributed by atoms with Gasteiger partial charge in [0.05, 0.1) is 0 Å².